The predicted octanol–water partition coefficient (Wildman–Crippen LogP) is 4.50. The summed E-state index contributed by atoms with van der Waals surface area (Å²) in [7, 11) is 0. The van der Waals surface area contributed by atoms with E-state index in [2.05, 4.69) is 25.8 Å². The maximum absolute atomic E-state index is 11.3. The van der Waals surface area contributed by atoms with Crippen molar-refractivity contribution in [3.8, 4) is 5.88 Å². The molecule has 6 nitrogen and oxygen atoms in total. The summed E-state index contributed by atoms with van der Waals surface area (Å²) in [5, 5.41) is 11.3. The van der Waals surface area contributed by atoms with Crippen LogP contribution in [0.25, 0.3) is 0 Å². The first-order valence-electron chi connectivity index (χ1n) is 11.2. The molecule has 1 aliphatic rings. The molecule has 6 heteroatoms. The molecule has 1 aliphatic heterocycles. The highest BCUT2D eigenvalue weighted by Gasteiger charge is 2.47. The van der Waals surface area contributed by atoms with Crippen LogP contribution < -0.4 is 4.74 Å². The highest BCUT2D eigenvalue weighted by Crippen LogP contribution is 2.39. The maximum atomic E-state index is 11.3. The molecule has 1 aromatic rings. The molecule has 0 aromatic carbocycles. The van der Waals surface area contributed by atoms with Crippen LogP contribution in [0, 0.1) is 6.92 Å². The number of nitrogens with zero attached hydrogens (tertiary/aromatic N) is 1. The molecule has 1 unspecified atom stereocenters. The summed E-state index contributed by atoms with van der Waals surface area (Å²) in [6.07, 6.45) is 7.75. The van der Waals surface area contributed by atoms with Gasteiger partial charge in [0.1, 0.15) is 6.10 Å². The third kappa shape index (κ3) is 7.21. The molecular formula is C23H39NO5. The number of aliphatic hydroxyl groups is 1. The fourth-order valence-electron chi connectivity index (χ4n) is 3.34. The van der Waals surface area contributed by atoms with E-state index in [1.165, 1.54) is 0 Å². The van der Waals surface area contributed by atoms with Crippen molar-refractivity contribution in [3.63, 3.8) is 0 Å². The van der Waals surface area contributed by atoms with Crippen LogP contribution in [-0.2, 0) is 20.0 Å². The highest BCUT2D eigenvalue weighted by molar-refractivity contribution is 5.31. The molecule has 2 heterocycles. The first-order valence-corrected chi connectivity index (χ1v) is 11.2. The van der Waals surface area contributed by atoms with Crippen LogP contribution in [-0.4, -0.2) is 48.7 Å². The quantitative estimate of drug-likeness (QED) is 0.456. The Bertz CT molecular complexity index is 597. The number of hydrogen-bond acceptors (Lipinski definition) is 6. The van der Waals surface area contributed by atoms with E-state index in [-0.39, 0.29) is 12.2 Å². The summed E-state index contributed by atoms with van der Waals surface area (Å²) >= 11 is 0. The van der Waals surface area contributed by atoms with E-state index in [0.29, 0.717) is 44.3 Å². The molecule has 1 N–H and O–H groups in total. The topological polar surface area (TPSA) is 70.0 Å². The van der Waals surface area contributed by atoms with Crippen LogP contribution in [0.5, 0.6) is 5.88 Å². The number of rotatable bonds is 14. The molecule has 1 saturated heterocycles. The summed E-state index contributed by atoms with van der Waals surface area (Å²) in [4.78, 5) is 4.42. The van der Waals surface area contributed by atoms with Crippen molar-refractivity contribution in [2.24, 2.45) is 0 Å². The second-order valence-corrected chi connectivity index (χ2v) is 7.88. The highest BCUT2D eigenvalue weighted by atomic mass is 16.7. The molecule has 0 radical (unpaired) electrons. The van der Waals surface area contributed by atoms with Gasteiger partial charge in [0.15, 0.2) is 5.79 Å². The van der Waals surface area contributed by atoms with Crippen LogP contribution in [0.1, 0.15) is 76.8 Å². The zero-order valence-corrected chi connectivity index (χ0v) is 18.6. The van der Waals surface area contributed by atoms with E-state index < -0.39 is 5.79 Å². The van der Waals surface area contributed by atoms with Crippen molar-refractivity contribution in [1.29, 1.82) is 0 Å². The lowest BCUT2D eigenvalue weighted by atomic mass is 10.0. The lowest BCUT2D eigenvalue weighted by molar-refractivity contribution is -0.210. The van der Waals surface area contributed by atoms with Gasteiger partial charge in [0, 0.05) is 37.0 Å². The third-order valence-corrected chi connectivity index (χ3v) is 5.21. The monoisotopic (exact) mass is 409 g/mol. The van der Waals surface area contributed by atoms with Gasteiger partial charge in [-0.1, -0.05) is 40.0 Å². The van der Waals surface area contributed by atoms with E-state index in [0.717, 1.165) is 44.1 Å². The molecule has 1 fully saturated rings. The van der Waals surface area contributed by atoms with Crippen molar-refractivity contribution < 1.29 is 24.1 Å². The van der Waals surface area contributed by atoms with E-state index in [4.69, 9.17) is 18.9 Å². The number of unbranched alkanes of at least 4 members (excludes halogenated alkanes) is 3. The lowest BCUT2D eigenvalue weighted by Gasteiger charge is -2.24. The molecular weight excluding hydrogens is 370 g/mol. The van der Waals surface area contributed by atoms with E-state index in [1.807, 2.05) is 13.0 Å². The standard InChI is InChI=1S/C23H39NO5/c1-5-8-11-26-17-21-20(27-12-9-6-2)15-23(25,29-21)19-14-18(4)22(24-16-19)28-13-10-7-3/h14,16,20-21,25H,5-13,15,17H2,1-4H3/t20-,21-,23?/m1/s1. The van der Waals surface area contributed by atoms with Gasteiger partial charge < -0.3 is 24.1 Å². The molecule has 0 amide bonds. The van der Waals surface area contributed by atoms with E-state index in [1.54, 1.807) is 6.20 Å². The third-order valence-electron chi connectivity index (χ3n) is 5.21. The van der Waals surface area contributed by atoms with Gasteiger partial charge in [0.25, 0.3) is 0 Å². The predicted molar refractivity (Wildman–Crippen MR) is 113 cm³/mol. The van der Waals surface area contributed by atoms with Gasteiger partial charge in [-0.05, 0) is 32.3 Å². The summed E-state index contributed by atoms with van der Waals surface area (Å²) < 4.78 is 23.6. The van der Waals surface area contributed by atoms with Gasteiger partial charge in [-0.2, -0.15) is 0 Å². The Kier molecular flexibility index (Phi) is 10.4. The Morgan fingerprint density at radius 1 is 1.10 bits per heavy atom. The first kappa shape index (κ1) is 24.1. The zero-order valence-electron chi connectivity index (χ0n) is 18.6. The first-order chi connectivity index (χ1) is 14.0. The Morgan fingerprint density at radius 2 is 1.79 bits per heavy atom. The van der Waals surface area contributed by atoms with Gasteiger partial charge in [-0.3, -0.25) is 0 Å². The molecule has 0 spiro atoms. The molecule has 1 aromatic heterocycles. The smallest absolute Gasteiger partial charge is 0.216 e. The van der Waals surface area contributed by atoms with Crippen LogP contribution >= 0.6 is 0 Å². The summed E-state index contributed by atoms with van der Waals surface area (Å²) in [6, 6.07) is 1.90. The average molecular weight is 410 g/mol. The number of hydrogen-bond donors (Lipinski definition) is 1. The van der Waals surface area contributed by atoms with Crippen LogP contribution in [0.4, 0.5) is 0 Å². The minimum Gasteiger partial charge on any atom is -0.477 e. The number of pyridine rings is 1. The van der Waals surface area contributed by atoms with Crippen molar-refractivity contribution in [3.05, 3.63) is 23.4 Å². The minimum atomic E-state index is -1.42. The number of ether oxygens (including phenoxy) is 4. The average Bonchev–Trinajstić information content (AvgIpc) is 3.03. The summed E-state index contributed by atoms with van der Waals surface area (Å²) in [5.74, 6) is -0.811. The minimum absolute atomic E-state index is 0.200. The molecule has 0 aliphatic carbocycles. The van der Waals surface area contributed by atoms with E-state index in [9.17, 15) is 5.11 Å². The van der Waals surface area contributed by atoms with Gasteiger partial charge in [0.2, 0.25) is 5.88 Å². The number of aromatic nitrogens is 1. The van der Waals surface area contributed by atoms with E-state index >= 15 is 0 Å². The van der Waals surface area contributed by atoms with Gasteiger partial charge in [0.05, 0.1) is 19.3 Å². The second kappa shape index (κ2) is 12.5. The zero-order chi connectivity index (χ0) is 21.1. The number of aryl methyl sites for hydroxylation is 1. The molecule has 0 saturated carbocycles. The van der Waals surface area contributed by atoms with Crippen molar-refractivity contribution >= 4 is 0 Å². The molecule has 166 valence electrons. The lowest BCUT2D eigenvalue weighted by Crippen LogP contribution is -2.30. The van der Waals surface area contributed by atoms with Crippen LogP contribution in [0.2, 0.25) is 0 Å². The Morgan fingerprint density at radius 3 is 2.48 bits per heavy atom. The van der Waals surface area contributed by atoms with Crippen molar-refractivity contribution in [2.75, 3.05) is 26.4 Å². The van der Waals surface area contributed by atoms with Crippen LogP contribution in [0.3, 0.4) is 0 Å². The normalized spacial score (nSPS) is 24.2. The molecule has 29 heavy (non-hydrogen) atoms. The summed E-state index contributed by atoms with van der Waals surface area (Å²) in [6.45, 7) is 10.8. The van der Waals surface area contributed by atoms with Crippen LogP contribution in [0.15, 0.2) is 12.3 Å². The Labute approximate surface area is 175 Å². The van der Waals surface area contributed by atoms with Gasteiger partial charge >= 0.3 is 0 Å². The largest absolute Gasteiger partial charge is 0.477 e. The van der Waals surface area contributed by atoms with Crippen molar-refractivity contribution in [1.82, 2.24) is 4.98 Å². The van der Waals surface area contributed by atoms with Gasteiger partial charge in [-0.25, -0.2) is 4.98 Å². The second-order valence-electron chi connectivity index (χ2n) is 7.88. The molecule has 3 atom stereocenters. The molecule has 0 bridgehead atoms. The fourth-order valence-corrected chi connectivity index (χ4v) is 3.34. The van der Waals surface area contributed by atoms with Crippen molar-refractivity contribution in [2.45, 2.75) is 90.6 Å². The molecule has 2 rings (SSSR count). The summed E-state index contributed by atoms with van der Waals surface area (Å²) in [5.41, 5.74) is 1.53. The Balaban J connectivity index is 2.06. The Hall–Kier alpha value is -1.21. The maximum Gasteiger partial charge on any atom is 0.216 e. The SMILES string of the molecule is CCCCOC[C@H]1OC(O)(c2cnc(OCCCC)c(C)c2)C[C@H]1OCCCC. The fraction of sp³-hybridized carbons (Fsp3) is 0.783. The van der Waals surface area contributed by atoms with Gasteiger partial charge in [-0.15, -0.1) is 0 Å².